The van der Waals surface area contributed by atoms with Crippen molar-refractivity contribution < 1.29 is 4.39 Å². The molecular weight excluding hydrogens is 147 g/mol. The third-order valence-corrected chi connectivity index (χ3v) is 1.46. The maximum absolute atomic E-state index is 12.6. The Bertz CT molecular complexity index is 155. The fourth-order valence-corrected chi connectivity index (χ4v) is 0.510. The number of hydrogen-bond acceptors (Lipinski definition) is 4. The van der Waals surface area contributed by atoms with Crippen LogP contribution in [0.5, 0.6) is 0 Å². The van der Waals surface area contributed by atoms with Crippen molar-refractivity contribution in [1.29, 1.82) is 0 Å². The summed E-state index contributed by atoms with van der Waals surface area (Å²) in [5, 5.41) is 2.62. The summed E-state index contributed by atoms with van der Waals surface area (Å²) in [6.45, 7) is 1.38. The predicted octanol–water partition coefficient (Wildman–Crippen LogP) is -0.503. The van der Waals surface area contributed by atoms with Crippen molar-refractivity contribution in [2.24, 2.45) is 11.5 Å². The van der Waals surface area contributed by atoms with Crippen LogP contribution in [0.25, 0.3) is 0 Å². The minimum atomic E-state index is -1.14. The molecule has 0 aromatic carbocycles. The molecule has 0 aliphatic rings. The molecule has 0 heterocycles. The second-order valence-electron chi connectivity index (χ2n) is 2.23. The minimum absolute atomic E-state index is 0.211. The van der Waals surface area contributed by atoms with Crippen LogP contribution in [0.3, 0.4) is 0 Å². The van der Waals surface area contributed by atoms with E-state index < -0.39 is 6.30 Å². The van der Waals surface area contributed by atoms with Gasteiger partial charge in [-0.3, -0.25) is 0 Å². The first kappa shape index (κ1) is 9.87. The Balaban J connectivity index is 4.33. The fourth-order valence-electron chi connectivity index (χ4n) is 0.510. The van der Waals surface area contributed by atoms with Crippen LogP contribution in [-0.4, -0.2) is 25.3 Å². The van der Waals surface area contributed by atoms with Crippen LogP contribution in [0.2, 0.25) is 0 Å². The molecule has 0 aromatic rings. The predicted molar refractivity (Wildman–Crippen MR) is 42.8 cm³/mol. The van der Waals surface area contributed by atoms with Crippen LogP contribution in [0.15, 0.2) is 11.6 Å². The lowest BCUT2D eigenvalue weighted by Gasteiger charge is -2.21. The fraction of sp³-hybridized carbons (Fsp3) is 0.667. The number of nitrogens with one attached hydrogen (secondary N) is 1. The highest BCUT2D eigenvalue weighted by molar-refractivity contribution is 5.03. The van der Waals surface area contributed by atoms with E-state index in [0.29, 0.717) is 0 Å². The molecule has 0 aromatic heterocycles. The van der Waals surface area contributed by atoms with Gasteiger partial charge in [0.25, 0.3) is 0 Å². The number of nitrogens with two attached hydrogens (primary N) is 2. The minimum Gasteiger partial charge on any atom is -0.383 e. The van der Waals surface area contributed by atoms with Gasteiger partial charge in [-0.2, -0.15) is 0 Å². The summed E-state index contributed by atoms with van der Waals surface area (Å²) in [5.41, 5.74) is 10.8. The SMILES string of the molecule is CN/C(N)=C(/N)N(C)C(C)F. The molecule has 0 aliphatic carbocycles. The molecule has 0 aliphatic heterocycles. The molecule has 5 heteroatoms. The zero-order chi connectivity index (χ0) is 9.02. The molecule has 0 radical (unpaired) electrons. The average Bonchev–Trinajstić information content (AvgIpc) is 2.00. The van der Waals surface area contributed by atoms with Gasteiger partial charge in [0.05, 0.1) is 0 Å². The second-order valence-corrected chi connectivity index (χ2v) is 2.23. The summed E-state index contributed by atoms with van der Waals surface area (Å²) in [6, 6.07) is 0. The Hall–Kier alpha value is -1.13. The maximum Gasteiger partial charge on any atom is 0.170 e. The summed E-state index contributed by atoms with van der Waals surface area (Å²) >= 11 is 0. The van der Waals surface area contributed by atoms with Crippen LogP contribution in [0, 0.1) is 0 Å². The molecule has 0 spiro atoms. The first-order valence-electron chi connectivity index (χ1n) is 3.30. The number of alkyl halides is 1. The molecular formula is C6H15FN4. The zero-order valence-corrected chi connectivity index (χ0v) is 7.06. The Labute approximate surface area is 66.0 Å². The summed E-state index contributed by atoms with van der Waals surface area (Å²) in [4.78, 5) is 1.24. The maximum atomic E-state index is 12.6. The summed E-state index contributed by atoms with van der Waals surface area (Å²) in [5.74, 6) is 0.486. The van der Waals surface area contributed by atoms with Gasteiger partial charge in [0.2, 0.25) is 0 Å². The zero-order valence-electron chi connectivity index (χ0n) is 7.06. The van der Waals surface area contributed by atoms with E-state index in [1.54, 1.807) is 7.05 Å². The summed E-state index contributed by atoms with van der Waals surface area (Å²) < 4.78 is 12.6. The quantitative estimate of drug-likeness (QED) is 0.489. The molecule has 5 N–H and O–H groups in total. The van der Waals surface area contributed by atoms with Crippen molar-refractivity contribution in [1.82, 2.24) is 10.2 Å². The molecule has 0 rings (SSSR count). The molecule has 0 saturated heterocycles. The molecule has 1 unspecified atom stereocenters. The largest absolute Gasteiger partial charge is 0.383 e. The smallest absolute Gasteiger partial charge is 0.170 e. The van der Waals surface area contributed by atoms with Crippen molar-refractivity contribution >= 4 is 0 Å². The van der Waals surface area contributed by atoms with E-state index in [1.807, 2.05) is 0 Å². The number of halogens is 1. The van der Waals surface area contributed by atoms with Gasteiger partial charge in [-0.1, -0.05) is 0 Å². The monoisotopic (exact) mass is 162 g/mol. The molecule has 4 nitrogen and oxygen atoms in total. The normalized spacial score (nSPS) is 15.3. The van der Waals surface area contributed by atoms with Crippen LogP contribution in [0.4, 0.5) is 4.39 Å². The van der Waals surface area contributed by atoms with Gasteiger partial charge in [-0.25, -0.2) is 4.39 Å². The Morgan fingerprint density at radius 2 is 2.00 bits per heavy atom. The molecule has 0 saturated carbocycles. The Morgan fingerprint density at radius 3 is 2.27 bits per heavy atom. The van der Waals surface area contributed by atoms with Crippen LogP contribution in [0.1, 0.15) is 6.92 Å². The summed E-state index contributed by atoms with van der Waals surface area (Å²) in [6.07, 6.45) is -1.14. The molecule has 1 atom stereocenters. The van der Waals surface area contributed by atoms with Crippen LogP contribution < -0.4 is 16.8 Å². The lowest BCUT2D eigenvalue weighted by Crippen LogP contribution is -2.35. The molecule has 0 fully saturated rings. The van der Waals surface area contributed by atoms with Crippen LogP contribution >= 0.6 is 0 Å². The standard InChI is InChI=1S/C6H15FN4/c1-4(7)11(3)6(9)5(8)10-2/h4,10H,8-9H2,1-3H3/b6-5-. The van der Waals surface area contributed by atoms with E-state index >= 15 is 0 Å². The van der Waals surface area contributed by atoms with Gasteiger partial charge in [-0.05, 0) is 6.92 Å². The molecule has 0 amide bonds. The van der Waals surface area contributed by atoms with Crippen molar-refractivity contribution in [3.63, 3.8) is 0 Å². The van der Waals surface area contributed by atoms with E-state index in [4.69, 9.17) is 11.5 Å². The van der Waals surface area contributed by atoms with Gasteiger partial charge in [0.15, 0.2) is 6.30 Å². The topological polar surface area (TPSA) is 67.3 Å². The van der Waals surface area contributed by atoms with Gasteiger partial charge >= 0.3 is 0 Å². The molecule has 11 heavy (non-hydrogen) atoms. The second kappa shape index (κ2) is 3.90. The van der Waals surface area contributed by atoms with E-state index in [9.17, 15) is 4.39 Å². The first-order chi connectivity index (χ1) is 5.00. The Kier molecular flexibility index (Phi) is 3.50. The van der Waals surface area contributed by atoms with E-state index in [-0.39, 0.29) is 11.6 Å². The highest BCUT2D eigenvalue weighted by Crippen LogP contribution is 2.02. The lowest BCUT2D eigenvalue weighted by molar-refractivity contribution is 0.161. The van der Waals surface area contributed by atoms with Crippen LogP contribution in [-0.2, 0) is 0 Å². The lowest BCUT2D eigenvalue weighted by atomic mass is 10.5. The summed E-state index contributed by atoms with van der Waals surface area (Å²) in [7, 11) is 3.16. The van der Waals surface area contributed by atoms with Crippen molar-refractivity contribution in [2.45, 2.75) is 13.2 Å². The van der Waals surface area contributed by atoms with Gasteiger partial charge in [-0.15, -0.1) is 0 Å². The van der Waals surface area contributed by atoms with E-state index in [2.05, 4.69) is 5.32 Å². The van der Waals surface area contributed by atoms with Gasteiger partial charge in [0, 0.05) is 14.1 Å². The third-order valence-electron chi connectivity index (χ3n) is 1.46. The average molecular weight is 162 g/mol. The van der Waals surface area contributed by atoms with Crippen molar-refractivity contribution in [2.75, 3.05) is 14.1 Å². The first-order valence-corrected chi connectivity index (χ1v) is 3.30. The van der Waals surface area contributed by atoms with Gasteiger partial charge < -0.3 is 21.7 Å². The highest BCUT2D eigenvalue weighted by atomic mass is 19.1. The Morgan fingerprint density at radius 1 is 1.55 bits per heavy atom. The van der Waals surface area contributed by atoms with Gasteiger partial charge in [0.1, 0.15) is 11.6 Å². The molecule has 66 valence electrons. The van der Waals surface area contributed by atoms with Crippen molar-refractivity contribution in [3.05, 3.63) is 11.6 Å². The third kappa shape index (κ3) is 2.53. The van der Waals surface area contributed by atoms with E-state index in [1.165, 1.54) is 18.9 Å². The molecule has 0 bridgehead atoms. The van der Waals surface area contributed by atoms with Crippen molar-refractivity contribution in [3.8, 4) is 0 Å². The number of nitrogens with zero attached hydrogens (tertiary/aromatic N) is 1. The number of rotatable bonds is 3. The van der Waals surface area contributed by atoms with E-state index in [0.717, 1.165) is 0 Å². The highest BCUT2D eigenvalue weighted by Gasteiger charge is 2.09. The number of hydrogen-bond donors (Lipinski definition) is 3.